The third kappa shape index (κ3) is 2.88. The summed E-state index contributed by atoms with van der Waals surface area (Å²) in [5.74, 6) is 0.563. The van der Waals surface area contributed by atoms with Gasteiger partial charge in [0.2, 0.25) is 0 Å². The van der Waals surface area contributed by atoms with Crippen molar-refractivity contribution in [3.8, 4) is 5.75 Å². The molecule has 2 aromatic carbocycles. The molecule has 4 heteroatoms. The predicted molar refractivity (Wildman–Crippen MR) is 77.6 cm³/mol. The maximum atomic E-state index is 13.1. The van der Waals surface area contributed by atoms with Gasteiger partial charge in [-0.2, -0.15) is 0 Å². The molecule has 1 heterocycles. The van der Waals surface area contributed by atoms with E-state index in [1.54, 1.807) is 35.6 Å². The Bertz CT molecular complexity index is 706. The quantitative estimate of drug-likeness (QED) is 0.639. The van der Waals surface area contributed by atoms with Crippen LogP contribution in [0, 0.1) is 5.82 Å². The number of rotatable bonds is 3. The fourth-order valence-corrected chi connectivity index (χ4v) is 2.94. The van der Waals surface area contributed by atoms with Crippen LogP contribution in [0.25, 0.3) is 10.1 Å². The molecule has 19 heavy (non-hydrogen) atoms. The van der Waals surface area contributed by atoms with Gasteiger partial charge < -0.3 is 4.74 Å². The Labute approximate surface area is 119 Å². The van der Waals surface area contributed by atoms with Crippen molar-refractivity contribution in [2.75, 3.05) is 0 Å². The molecule has 3 rings (SSSR count). The lowest BCUT2D eigenvalue weighted by atomic mass is 10.2. The Morgan fingerprint density at radius 3 is 2.63 bits per heavy atom. The van der Waals surface area contributed by atoms with Crippen molar-refractivity contribution < 1.29 is 9.13 Å². The van der Waals surface area contributed by atoms with Crippen molar-refractivity contribution in [3.63, 3.8) is 0 Å². The summed E-state index contributed by atoms with van der Waals surface area (Å²) >= 11 is 7.35. The first-order chi connectivity index (χ1) is 9.20. The number of ether oxygens (including phenoxy) is 1. The highest BCUT2D eigenvalue weighted by Gasteiger charge is 2.04. The van der Waals surface area contributed by atoms with Gasteiger partial charge in [0.25, 0.3) is 0 Å². The predicted octanol–water partition coefficient (Wildman–Crippen LogP) is 5.27. The van der Waals surface area contributed by atoms with E-state index >= 15 is 0 Å². The molecule has 0 amide bonds. The molecular weight excluding hydrogens is 283 g/mol. The Morgan fingerprint density at radius 2 is 1.84 bits per heavy atom. The minimum Gasteiger partial charge on any atom is -0.488 e. The maximum absolute atomic E-state index is 13.1. The van der Waals surface area contributed by atoms with Gasteiger partial charge in [-0.1, -0.05) is 17.7 Å². The summed E-state index contributed by atoms with van der Waals surface area (Å²) in [5, 5.41) is 1.73. The molecule has 0 bridgehead atoms. The first-order valence-corrected chi connectivity index (χ1v) is 6.96. The molecule has 0 radical (unpaired) electrons. The molecule has 0 fully saturated rings. The van der Waals surface area contributed by atoms with E-state index in [1.165, 1.54) is 6.07 Å². The van der Waals surface area contributed by atoms with Crippen LogP contribution in [0.3, 0.4) is 0 Å². The smallest absolute Gasteiger partial charge is 0.124 e. The second-order valence-corrected chi connectivity index (χ2v) is 5.74. The van der Waals surface area contributed by atoms with Crippen LogP contribution in [-0.2, 0) is 6.61 Å². The summed E-state index contributed by atoms with van der Waals surface area (Å²) in [6, 6.07) is 14.1. The molecule has 0 aliphatic rings. The van der Waals surface area contributed by atoms with Gasteiger partial charge in [0.05, 0.1) is 0 Å². The molecule has 0 aliphatic carbocycles. The van der Waals surface area contributed by atoms with Crippen LogP contribution in [0.5, 0.6) is 5.75 Å². The lowest BCUT2D eigenvalue weighted by Gasteiger charge is -2.03. The second-order valence-electron chi connectivity index (χ2n) is 4.14. The van der Waals surface area contributed by atoms with E-state index < -0.39 is 0 Å². The van der Waals surface area contributed by atoms with Crippen molar-refractivity contribution in [2.45, 2.75) is 6.61 Å². The van der Waals surface area contributed by atoms with Crippen LogP contribution in [0.2, 0.25) is 5.02 Å². The number of thiophene rings is 1. The van der Waals surface area contributed by atoms with Gasteiger partial charge in [0.15, 0.2) is 0 Å². The van der Waals surface area contributed by atoms with Gasteiger partial charge in [-0.25, -0.2) is 4.39 Å². The Balaban J connectivity index is 1.76. The molecule has 0 N–H and O–H groups in total. The van der Waals surface area contributed by atoms with Crippen LogP contribution in [0.1, 0.15) is 4.88 Å². The number of halogens is 2. The van der Waals surface area contributed by atoms with Crippen molar-refractivity contribution >= 4 is 33.0 Å². The highest BCUT2D eigenvalue weighted by atomic mass is 35.5. The fraction of sp³-hybridized carbons (Fsp3) is 0.0667. The summed E-state index contributed by atoms with van der Waals surface area (Å²) < 4.78 is 19.7. The van der Waals surface area contributed by atoms with Crippen molar-refractivity contribution in [1.29, 1.82) is 0 Å². The van der Waals surface area contributed by atoms with Crippen LogP contribution in [0.15, 0.2) is 48.5 Å². The molecule has 3 aromatic rings. The van der Waals surface area contributed by atoms with Gasteiger partial charge >= 0.3 is 0 Å². The summed E-state index contributed by atoms with van der Waals surface area (Å²) in [4.78, 5) is 1.07. The zero-order valence-electron chi connectivity index (χ0n) is 9.90. The summed E-state index contributed by atoms with van der Waals surface area (Å²) in [5.41, 5.74) is 0. The van der Waals surface area contributed by atoms with Crippen molar-refractivity contribution in [3.05, 3.63) is 64.2 Å². The molecule has 96 valence electrons. The van der Waals surface area contributed by atoms with Gasteiger partial charge in [-0.3, -0.25) is 0 Å². The third-order valence-corrected chi connectivity index (χ3v) is 4.05. The van der Waals surface area contributed by atoms with Crippen molar-refractivity contribution in [2.24, 2.45) is 0 Å². The van der Waals surface area contributed by atoms with Gasteiger partial charge in [-0.05, 0) is 47.9 Å². The molecule has 0 atom stereocenters. The topological polar surface area (TPSA) is 9.23 Å². The summed E-state index contributed by atoms with van der Waals surface area (Å²) in [7, 11) is 0. The largest absolute Gasteiger partial charge is 0.488 e. The van der Waals surface area contributed by atoms with E-state index in [1.807, 2.05) is 18.2 Å². The normalized spacial score (nSPS) is 10.8. The SMILES string of the molecule is Fc1ccc2cc(COc3ccc(Cl)cc3)sc2c1. The summed E-state index contributed by atoms with van der Waals surface area (Å²) in [6.45, 7) is 0.475. The average Bonchev–Trinajstić information content (AvgIpc) is 2.80. The Morgan fingerprint density at radius 1 is 1.05 bits per heavy atom. The monoisotopic (exact) mass is 292 g/mol. The maximum Gasteiger partial charge on any atom is 0.124 e. The minimum atomic E-state index is -0.209. The van der Waals surface area contributed by atoms with E-state index in [4.69, 9.17) is 16.3 Å². The lowest BCUT2D eigenvalue weighted by Crippen LogP contribution is -1.91. The fourth-order valence-electron chi connectivity index (χ4n) is 1.82. The summed E-state index contributed by atoms with van der Waals surface area (Å²) in [6.07, 6.45) is 0. The molecule has 0 spiro atoms. The van der Waals surface area contributed by atoms with Crippen molar-refractivity contribution in [1.82, 2.24) is 0 Å². The highest BCUT2D eigenvalue weighted by molar-refractivity contribution is 7.19. The number of benzene rings is 2. The minimum absolute atomic E-state index is 0.209. The van der Waals surface area contributed by atoms with Gasteiger partial charge in [0.1, 0.15) is 18.2 Å². The van der Waals surface area contributed by atoms with Crippen LogP contribution < -0.4 is 4.74 Å². The zero-order chi connectivity index (χ0) is 13.2. The lowest BCUT2D eigenvalue weighted by molar-refractivity contribution is 0.310. The Kier molecular flexibility index (Phi) is 3.40. The van der Waals surface area contributed by atoms with E-state index in [9.17, 15) is 4.39 Å². The number of hydrogen-bond acceptors (Lipinski definition) is 2. The number of hydrogen-bond donors (Lipinski definition) is 0. The second kappa shape index (κ2) is 5.19. The van der Waals surface area contributed by atoms with Crippen LogP contribution in [-0.4, -0.2) is 0 Å². The molecule has 0 unspecified atom stereocenters. The molecule has 0 saturated heterocycles. The average molecular weight is 293 g/mol. The van der Waals surface area contributed by atoms with E-state index in [0.29, 0.717) is 11.6 Å². The van der Waals surface area contributed by atoms with E-state index in [0.717, 1.165) is 20.7 Å². The van der Waals surface area contributed by atoms with E-state index in [-0.39, 0.29) is 5.82 Å². The molecule has 0 saturated carbocycles. The molecular formula is C15H10ClFOS. The third-order valence-electron chi connectivity index (χ3n) is 2.73. The van der Waals surface area contributed by atoms with E-state index in [2.05, 4.69) is 0 Å². The van der Waals surface area contributed by atoms with Gasteiger partial charge in [-0.15, -0.1) is 11.3 Å². The first-order valence-electron chi connectivity index (χ1n) is 5.77. The molecule has 1 aromatic heterocycles. The number of fused-ring (bicyclic) bond motifs is 1. The van der Waals surface area contributed by atoms with Crippen LogP contribution >= 0.6 is 22.9 Å². The molecule has 0 aliphatic heterocycles. The molecule has 1 nitrogen and oxygen atoms in total. The standard InChI is InChI=1S/C15H10ClFOS/c16-11-2-5-13(6-3-11)18-9-14-7-10-1-4-12(17)8-15(10)19-14/h1-8H,9H2. The van der Waals surface area contributed by atoms with Gasteiger partial charge in [0, 0.05) is 14.6 Å². The zero-order valence-corrected chi connectivity index (χ0v) is 11.5. The first kappa shape index (κ1) is 12.5. The highest BCUT2D eigenvalue weighted by Crippen LogP contribution is 2.27. The van der Waals surface area contributed by atoms with Crippen LogP contribution in [0.4, 0.5) is 4.39 Å². The Hall–Kier alpha value is -1.58.